The Bertz CT molecular complexity index is 551. The van der Waals surface area contributed by atoms with Crippen molar-refractivity contribution >= 4 is 23.0 Å². The van der Waals surface area contributed by atoms with Gasteiger partial charge >= 0.3 is 0 Å². The zero-order valence-corrected chi connectivity index (χ0v) is 15.7. The summed E-state index contributed by atoms with van der Waals surface area (Å²) in [7, 11) is 4.09. The summed E-state index contributed by atoms with van der Waals surface area (Å²) in [5.41, 5.74) is 0.996. The van der Waals surface area contributed by atoms with E-state index in [9.17, 15) is 0 Å². The molecule has 0 spiro atoms. The molecule has 1 saturated carbocycles. The lowest BCUT2D eigenvalue weighted by atomic mass is 10.0. The minimum absolute atomic E-state index is 0.795. The van der Waals surface area contributed by atoms with E-state index >= 15 is 0 Å². The van der Waals surface area contributed by atoms with Crippen molar-refractivity contribution in [2.24, 2.45) is 0 Å². The van der Waals surface area contributed by atoms with Crippen LogP contribution in [0.2, 0.25) is 0 Å². The zero-order valence-electron chi connectivity index (χ0n) is 14.9. The molecule has 5 heteroatoms. The smallest absolute Gasteiger partial charge is 0.173 e. The molecular formula is C19H30N3OS+. The van der Waals surface area contributed by atoms with Gasteiger partial charge in [0, 0.05) is 37.7 Å². The summed E-state index contributed by atoms with van der Waals surface area (Å²) in [5, 5.41) is 4.19. The second kappa shape index (κ2) is 8.17. The SMILES string of the molecule is COc1cccc(NC(=S)N2CCC([NH+](C)C3CCCC3)CC2)c1. The fraction of sp³-hybridized carbons (Fsp3) is 0.632. The van der Waals surface area contributed by atoms with E-state index in [4.69, 9.17) is 17.0 Å². The standard InChI is InChI=1S/C19H29N3OS/c1-21(16-7-3-4-8-16)17-10-12-22(13-11-17)19(24)20-15-6-5-9-18(14-15)23-2/h5-6,9,14,16-17H,3-4,7-8,10-13H2,1-2H3,(H,20,24)/p+1. The Morgan fingerprint density at radius 2 is 1.83 bits per heavy atom. The Morgan fingerprint density at radius 3 is 2.50 bits per heavy atom. The van der Waals surface area contributed by atoms with E-state index in [1.807, 2.05) is 24.3 Å². The van der Waals surface area contributed by atoms with Gasteiger partial charge in [0.2, 0.25) is 0 Å². The number of thiocarbonyl (C=S) groups is 1. The first-order chi connectivity index (χ1) is 11.7. The molecule has 1 heterocycles. The summed E-state index contributed by atoms with van der Waals surface area (Å²) in [4.78, 5) is 4.08. The number of methoxy groups -OCH3 is 1. The van der Waals surface area contributed by atoms with Gasteiger partial charge in [0.15, 0.2) is 5.11 Å². The first-order valence-electron chi connectivity index (χ1n) is 9.20. The highest BCUT2D eigenvalue weighted by Crippen LogP contribution is 2.19. The minimum atomic E-state index is 0.795. The monoisotopic (exact) mass is 348 g/mol. The number of ether oxygens (including phenoxy) is 1. The van der Waals surface area contributed by atoms with Crippen LogP contribution in [0.5, 0.6) is 5.75 Å². The maximum Gasteiger partial charge on any atom is 0.173 e. The van der Waals surface area contributed by atoms with Crippen molar-refractivity contribution in [1.29, 1.82) is 0 Å². The Kier molecular flexibility index (Phi) is 5.95. The third kappa shape index (κ3) is 4.19. The molecule has 1 aliphatic carbocycles. The lowest BCUT2D eigenvalue weighted by Crippen LogP contribution is -3.16. The van der Waals surface area contributed by atoms with Gasteiger partial charge in [0.25, 0.3) is 0 Å². The van der Waals surface area contributed by atoms with Crippen molar-refractivity contribution in [3.05, 3.63) is 24.3 Å². The summed E-state index contributed by atoms with van der Waals surface area (Å²) in [6.07, 6.45) is 8.17. The number of nitrogens with one attached hydrogen (secondary N) is 2. The summed E-state index contributed by atoms with van der Waals surface area (Å²) < 4.78 is 5.27. The van der Waals surface area contributed by atoms with Crippen molar-refractivity contribution in [3.63, 3.8) is 0 Å². The number of hydrogen-bond donors (Lipinski definition) is 2. The van der Waals surface area contributed by atoms with Crippen molar-refractivity contribution in [2.75, 3.05) is 32.6 Å². The lowest BCUT2D eigenvalue weighted by molar-refractivity contribution is -0.931. The van der Waals surface area contributed by atoms with Gasteiger partial charge in [-0.2, -0.15) is 0 Å². The number of piperidine rings is 1. The zero-order chi connectivity index (χ0) is 16.9. The second-order valence-electron chi connectivity index (χ2n) is 7.15. The predicted molar refractivity (Wildman–Crippen MR) is 103 cm³/mol. The van der Waals surface area contributed by atoms with Gasteiger partial charge < -0.3 is 19.9 Å². The van der Waals surface area contributed by atoms with Gasteiger partial charge in [-0.1, -0.05) is 6.07 Å². The molecule has 1 saturated heterocycles. The van der Waals surface area contributed by atoms with Crippen LogP contribution in [0.3, 0.4) is 0 Å². The van der Waals surface area contributed by atoms with Gasteiger partial charge in [-0.25, -0.2) is 0 Å². The van der Waals surface area contributed by atoms with Crippen LogP contribution in [0.4, 0.5) is 5.69 Å². The maximum atomic E-state index is 5.61. The molecule has 1 atom stereocenters. The van der Waals surface area contributed by atoms with Crippen LogP contribution in [0.1, 0.15) is 38.5 Å². The number of likely N-dealkylation sites (tertiary alicyclic amines) is 1. The number of quaternary nitrogens is 1. The summed E-state index contributed by atoms with van der Waals surface area (Å²) in [6.45, 7) is 2.12. The minimum Gasteiger partial charge on any atom is -0.497 e. The van der Waals surface area contributed by atoms with Crippen LogP contribution >= 0.6 is 12.2 Å². The molecule has 2 aliphatic rings. The van der Waals surface area contributed by atoms with Gasteiger partial charge in [-0.15, -0.1) is 0 Å². The Labute approximate surface area is 151 Å². The molecule has 4 nitrogen and oxygen atoms in total. The van der Waals surface area contributed by atoms with E-state index in [0.717, 1.165) is 41.7 Å². The molecule has 2 N–H and O–H groups in total. The van der Waals surface area contributed by atoms with E-state index in [1.54, 1.807) is 12.0 Å². The van der Waals surface area contributed by atoms with Crippen molar-refractivity contribution < 1.29 is 9.64 Å². The summed E-state index contributed by atoms with van der Waals surface area (Å²) in [6, 6.07) is 9.63. The third-order valence-electron chi connectivity index (χ3n) is 5.75. The average molecular weight is 349 g/mol. The third-order valence-corrected chi connectivity index (χ3v) is 6.11. The van der Waals surface area contributed by atoms with Crippen LogP contribution in [0.25, 0.3) is 0 Å². The van der Waals surface area contributed by atoms with Crippen LogP contribution in [-0.4, -0.2) is 49.3 Å². The highest BCUT2D eigenvalue weighted by Gasteiger charge is 2.32. The fourth-order valence-corrected chi connectivity index (χ4v) is 4.46. The highest BCUT2D eigenvalue weighted by molar-refractivity contribution is 7.80. The lowest BCUT2D eigenvalue weighted by Gasteiger charge is -2.38. The van der Waals surface area contributed by atoms with Gasteiger partial charge in [0.05, 0.1) is 26.2 Å². The van der Waals surface area contributed by atoms with Crippen LogP contribution in [0, 0.1) is 0 Å². The molecule has 0 bridgehead atoms. The molecule has 132 valence electrons. The molecule has 1 aliphatic heterocycles. The first-order valence-corrected chi connectivity index (χ1v) is 9.61. The normalized spacial score (nSPS) is 20.8. The highest BCUT2D eigenvalue weighted by atomic mass is 32.1. The van der Waals surface area contributed by atoms with Gasteiger partial charge in [-0.05, 0) is 50.0 Å². The first kappa shape index (κ1) is 17.5. The van der Waals surface area contributed by atoms with Crippen LogP contribution in [0.15, 0.2) is 24.3 Å². The fourth-order valence-electron chi connectivity index (χ4n) is 4.16. The molecule has 0 radical (unpaired) electrons. The van der Waals surface area contributed by atoms with Gasteiger partial charge in [-0.3, -0.25) is 0 Å². The molecule has 0 aromatic heterocycles. The molecule has 1 aromatic rings. The van der Waals surface area contributed by atoms with Gasteiger partial charge in [0.1, 0.15) is 5.75 Å². The van der Waals surface area contributed by atoms with Crippen molar-refractivity contribution in [3.8, 4) is 5.75 Å². The summed E-state index contributed by atoms with van der Waals surface area (Å²) in [5.74, 6) is 0.850. The predicted octanol–water partition coefficient (Wildman–Crippen LogP) is 2.31. The Morgan fingerprint density at radius 1 is 1.17 bits per heavy atom. The number of benzene rings is 1. The summed E-state index contributed by atoms with van der Waals surface area (Å²) >= 11 is 5.61. The molecule has 1 aromatic carbocycles. The van der Waals surface area contributed by atoms with Crippen LogP contribution < -0.4 is 15.0 Å². The topological polar surface area (TPSA) is 28.9 Å². The average Bonchev–Trinajstić information content (AvgIpc) is 3.16. The van der Waals surface area contributed by atoms with Crippen molar-refractivity contribution in [1.82, 2.24) is 4.90 Å². The van der Waals surface area contributed by atoms with E-state index in [1.165, 1.54) is 38.5 Å². The number of hydrogen-bond acceptors (Lipinski definition) is 2. The number of nitrogens with zero attached hydrogens (tertiary/aromatic N) is 1. The second-order valence-corrected chi connectivity index (χ2v) is 7.54. The molecule has 2 fully saturated rings. The van der Waals surface area contributed by atoms with Crippen molar-refractivity contribution in [2.45, 2.75) is 50.6 Å². The maximum absolute atomic E-state index is 5.61. The van der Waals surface area contributed by atoms with E-state index < -0.39 is 0 Å². The Hall–Kier alpha value is -1.33. The van der Waals surface area contributed by atoms with E-state index in [-0.39, 0.29) is 0 Å². The molecule has 0 amide bonds. The number of rotatable bonds is 4. The Balaban J connectivity index is 1.49. The van der Waals surface area contributed by atoms with Crippen LogP contribution in [-0.2, 0) is 0 Å². The van der Waals surface area contributed by atoms with E-state index in [2.05, 4.69) is 17.3 Å². The quantitative estimate of drug-likeness (QED) is 0.817. The largest absolute Gasteiger partial charge is 0.497 e. The molecule has 3 rings (SSSR count). The number of anilines is 1. The van der Waals surface area contributed by atoms with E-state index in [0.29, 0.717) is 0 Å². The molecular weight excluding hydrogens is 318 g/mol. The molecule has 1 unspecified atom stereocenters. The molecule has 24 heavy (non-hydrogen) atoms.